The first kappa shape index (κ1) is 20.8. The number of amides is 2. The van der Waals surface area contributed by atoms with Gasteiger partial charge in [0.05, 0.1) is 6.04 Å². The summed E-state index contributed by atoms with van der Waals surface area (Å²) in [5.41, 5.74) is 3.81. The molecule has 2 atom stereocenters. The fourth-order valence-corrected chi connectivity index (χ4v) is 5.26. The molecule has 1 aromatic heterocycles. The summed E-state index contributed by atoms with van der Waals surface area (Å²) >= 11 is 0. The van der Waals surface area contributed by atoms with Crippen LogP contribution in [0.1, 0.15) is 47.3 Å². The van der Waals surface area contributed by atoms with Crippen molar-refractivity contribution in [3.63, 3.8) is 0 Å². The SMILES string of the molecule is C[C@@H](C(=O)NCCN1CCCC1)N1C(=O)c2ccccc2[C@@H]1c1cn(C)c2ccccc12. The number of fused-ring (bicyclic) bond motifs is 2. The number of carbonyl (C=O) groups is 2. The van der Waals surface area contributed by atoms with Crippen LogP contribution < -0.4 is 5.32 Å². The van der Waals surface area contributed by atoms with Gasteiger partial charge in [-0.15, -0.1) is 0 Å². The lowest BCUT2D eigenvalue weighted by Crippen LogP contribution is -2.48. The zero-order valence-electron chi connectivity index (χ0n) is 18.8. The number of hydrogen-bond acceptors (Lipinski definition) is 3. The molecule has 3 heterocycles. The second-order valence-electron chi connectivity index (χ2n) is 8.93. The molecule has 6 heteroatoms. The summed E-state index contributed by atoms with van der Waals surface area (Å²) in [6.45, 7) is 5.52. The van der Waals surface area contributed by atoms with Gasteiger partial charge in [-0.3, -0.25) is 9.59 Å². The van der Waals surface area contributed by atoms with Crippen LogP contribution in [-0.2, 0) is 11.8 Å². The molecular weight excluding hydrogens is 400 g/mol. The van der Waals surface area contributed by atoms with Crippen molar-refractivity contribution in [2.45, 2.75) is 31.8 Å². The third-order valence-corrected chi connectivity index (χ3v) is 6.94. The first-order chi connectivity index (χ1) is 15.6. The Morgan fingerprint density at radius 1 is 1.06 bits per heavy atom. The number of likely N-dealkylation sites (tertiary alicyclic amines) is 1. The van der Waals surface area contributed by atoms with E-state index >= 15 is 0 Å². The molecule has 3 aromatic rings. The standard InChI is InChI=1S/C26H30N4O2/c1-18(25(31)27-13-16-29-14-7-8-15-29)30-24(20-10-3-4-11-21(20)26(30)32)22-17-28(2)23-12-6-5-9-19(22)23/h3-6,9-12,17-18,24H,7-8,13-16H2,1-2H3,(H,27,31)/t18-,24+/m0/s1. The Balaban J connectivity index is 1.46. The maximum Gasteiger partial charge on any atom is 0.255 e. The van der Waals surface area contributed by atoms with E-state index in [9.17, 15) is 9.59 Å². The van der Waals surface area contributed by atoms with Gasteiger partial charge in [-0.25, -0.2) is 0 Å². The van der Waals surface area contributed by atoms with E-state index in [1.54, 1.807) is 4.90 Å². The second-order valence-corrected chi connectivity index (χ2v) is 8.93. The van der Waals surface area contributed by atoms with E-state index in [0.29, 0.717) is 12.1 Å². The van der Waals surface area contributed by atoms with Crippen molar-refractivity contribution in [3.8, 4) is 0 Å². The third-order valence-electron chi connectivity index (χ3n) is 6.94. The van der Waals surface area contributed by atoms with Crippen molar-refractivity contribution in [3.05, 3.63) is 71.4 Å². The Labute approximate surface area is 188 Å². The first-order valence-corrected chi connectivity index (χ1v) is 11.5. The van der Waals surface area contributed by atoms with Gasteiger partial charge in [-0.2, -0.15) is 0 Å². The largest absolute Gasteiger partial charge is 0.353 e. The van der Waals surface area contributed by atoms with E-state index in [4.69, 9.17) is 0 Å². The maximum atomic E-state index is 13.5. The highest BCUT2D eigenvalue weighted by Gasteiger charge is 2.43. The molecule has 0 spiro atoms. The van der Waals surface area contributed by atoms with E-state index in [0.717, 1.165) is 41.7 Å². The predicted molar refractivity (Wildman–Crippen MR) is 126 cm³/mol. The van der Waals surface area contributed by atoms with E-state index in [-0.39, 0.29) is 17.9 Å². The Bertz CT molecular complexity index is 1160. The van der Waals surface area contributed by atoms with Gasteiger partial charge >= 0.3 is 0 Å². The highest BCUT2D eigenvalue weighted by Crippen LogP contribution is 2.42. The van der Waals surface area contributed by atoms with Gasteiger partial charge in [-0.05, 0) is 50.6 Å². The molecule has 0 bridgehead atoms. The molecule has 2 aliphatic rings. The molecule has 0 radical (unpaired) electrons. The van der Waals surface area contributed by atoms with Crippen molar-refractivity contribution in [2.75, 3.05) is 26.2 Å². The minimum Gasteiger partial charge on any atom is -0.353 e. The van der Waals surface area contributed by atoms with E-state index in [1.807, 2.05) is 50.4 Å². The lowest BCUT2D eigenvalue weighted by molar-refractivity contribution is -0.125. The van der Waals surface area contributed by atoms with Crippen molar-refractivity contribution in [1.82, 2.24) is 19.7 Å². The summed E-state index contributed by atoms with van der Waals surface area (Å²) in [6.07, 6.45) is 4.56. The van der Waals surface area contributed by atoms with Gasteiger partial charge < -0.3 is 19.7 Å². The average Bonchev–Trinajstić information content (AvgIpc) is 3.51. The van der Waals surface area contributed by atoms with Gasteiger partial charge in [-0.1, -0.05) is 36.4 Å². The summed E-state index contributed by atoms with van der Waals surface area (Å²) in [4.78, 5) is 30.7. The summed E-state index contributed by atoms with van der Waals surface area (Å²) < 4.78 is 2.09. The van der Waals surface area contributed by atoms with Gasteiger partial charge in [0.1, 0.15) is 6.04 Å². The van der Waals surface area contributed by atoms with E-state index < -0.39 is 6.04 Å². The van der Waals surface area contributed by atoms with E-state index in [1.165, 1.54) is 12.8 Å². The first-order valence-electron chi connectivity index (χ1n) is 11.5. The molecule has 166 valence electrons. The molecule has 0 saturated carbocycles. The minimum atomic E-state index is -0.572. The van der Waals surface area contributed by atoms with Crippen LogP contribution in [0.2, 0.25) is 0 Å². The number of nitrogens with one attached hydrogen (secondary N) is 1. The highest BCUT2D eigenvalue weighted by molar-refractivity contribution is 6.03. The summed E-state index contributed by atoms with van der Waals surface area (Å²) in [6, 6.07) is 15.1. The Hall–Kier alpha value is -3.12. The number of para-hydroxylation sites is 1. The Kier molecular flexibility index (Phi) is 5.47. The molecule has 1 N–H and O–H groups in total. The summed E-state index contributed by atoms with van der Waals surface area (Å²) in [5.74, 6) is -0.184. The van der Waals surface area contributed by atoms with Crippen LogP contribution in [-0.4, -0.2) is 58.4 Å². The summed E-state index contributed by atoms with van der Waals surface area (Å²) in [5, 5.41) is 4.18. The number of rotatable bonds is 6. The van der Waals surface area contributed by atoms with Crippen molar-refractivity contribution in [2.24, 2.45) is 7.05 Å². The highest BCUT2D eigenvalue weighted by atomic mass is 16.2. The molecule has 2 amide bonds. The molecule has 0 aliphatic carbocycles. The molecule has 1 saturated heterocycles. The molecular formula is C26H30N4O2. The monoisotopic (exact) mass is 430 g/mol. The van der Waals surface area contributed by atoms with Gasteiger partial charge in [0.15, 0.2) is 0 Å². The van der Waals surface area contributed by atoms with Crippen LogP contribution in [0.4, 0.5) is 0 Å². The molecule has 2 aliphatic heterocycles. The van der Waals surface area contributed by atoms with Crippen LogP contribution >= 0.6 is 0 Å². The fraction of sp³-hybridized carbons (Fsp3) is 0.385. The van der Waals surface area contributed by atoms with Crippen LogP contribution in [0.25, 0.3) is 10.9 Å². The number of aromatic nitrogens is 1. The zero-order chi connectivity index (χ0) is 22.2. The molecule has 5 rings (SSSR count). The number of aryl methyl sites for hydroxylation is 1. The fourth-order valence-electron chi connectivity index (χ4n) is 5.26. The number of benzene rings is 2. The Morgan fingerprint density at radius 2 is 1.78 bits per heavy atom. The number of carbonyl (C=O) groups excluding carboxylic acids is 2. The normalized spacial score (nSPS) is 19.5. The van der Waals surface area contributed by atoms with Crippen LogP contribution in [0.3, 0.4) is 0 Å². The zero-order valence-corrected chi connectivity index (χ0v) is 18.8. The van der Waals surface area contributed by atoms with Gasteiger partial charge in [0.25, 0.3) is 5.91 Å². The van der Waals surface area contributed by atoms with Gasteiger partial charge in [0, 0.05) is 48.4 Å². The minimum absolute atomic E-state index is 0.0827. The lowest BCUT2D eigenvalue weighted by atomic mass is 9.97. The van der Waals surface area contributed by atoms with E-state index in [2.05, 4.69) is 33.1 Å². The van der Waals surface area contributed by atoms with Crippen molar-refractivity contribution < 1.29 is 9.59 Å². The number of nitrogens with zero attached hydrogens (tertiary/aromatic N) is 3. The van der Waals surface area contributed by atoms with Crippen LogP contribution in [0, 0.1) is 0 Å². The van der Waals surface area contributed by atoms with Crippen LogP contribution in [0.15, 0.2) is 54.7 Å². The smallest absolute Gasteiger partial charge is 0.255 e. The maximum absolute atomic E-state index is 13.5. The average molecular weight is 431 g/mol. The second kappa shape index (κ2) is 8.43. The topological polar surface area (TPSA) is 57.6 Å². The quantitative estimate of drug-likeness (QED) is 0.653. The number of hydrogen-bond donors (Lipinski definition) is 1. The molecule has 1 fully saturated rings. The van der Waals surface area contributed by atoms with Crippen molar-refractivity contribution in [1.29, 1.82) is 0 Å². The predicted octanol–water partition coefficient (Wildman–Crippen LogP) is 3.32. The molecule has 6 nitrogen and oxygen atoms in total. The van der Waals surface area contributed by atoms with Crippen molar-refractivity contribution >= 4 is 22.7 Å². The lowest BCUT2D eigenvalue weighted by Gasteiger charge is -2.31. The van der Waals surface area contributed by atoms with Gasteiger partial charge in [0.2, 0.25) is 5.91 Å². The Morgan fingerprint density at radius 3 is 2.59 bits per heavy atom. The van der Waals surface area contributed by atoms with Crippen LogP contribution in [0.5, 0.6) is 0 Å². The molecule has 0 unspecified atom stereocenters. The molecule has 2 aromatic carbocycles. The third kappa shape index (κ3) is 3.48. The molecule has 32 heavy (non-hydrogen) atoms. The summed E-state index contributed by atoms with van der Waals surface area (Å²) in [7, 11) is 2.02.